The molecule has 3 rings (SSSR count). The molecule has 184 valence electrons. The minimum atomic E-state index is -4.67. The Labute approximate surface area is 207 Å². The Hall–Kier alpha value is -3.23. The normalized spacial score (nSPS) is 13.3. The number of nitrogens with one attached hydrogen (secondary N) is 1. The van der Waals surface area contributed by atoms with Gasteiger partial charge in [0.25, 0.3) is 5.91 Å². The zero-order valence-electron chi connectivity index (χ0n) is 19.4. The highest BCUT2D eigenvalue weighted by atomic mass is 35.5. The number of hydrogen-bond donors (Lipinski definition) is 1. The lowest BCUT2D eigenvalue weighted by atomic mass is 9.93. The Morgan fingerprint density at radius 2 is 1.86 bits per heavy atom. The van der Waals surface area contributed by atoms with Crippen LogP contribution in [0.5, 0.6) is 0 Å². The lowest BCUT2D eigenvalue weighted by Crippen LogP contribution is -2.44. The topological polar surface area (TPSA) is 58.1 Å². The molecule has 0 spiro atoms. The molecule has 2 aromatic carbocycles. The van der Waals surface area contributed by atoms with Crippen molar-refractivity contribution >= 4 is 17.5 Å². The summed E-state index contributed by atoms with van der Waals surface area (Å²) in [7, 11) is 1.90. The van der Waals surface area contributed by atoms with Crippen LogP contribution in [0.25, 0.3) is 11.1 Å². The molecular weight excluding hydrogens is 477 g/mol. The summed E-state index contributed by atoms with van der Waals surface area (Å²) >= 11 is 6.03. The molecular formula is C26H26ClF3N4O. The number of carbonyl (C=O) groups excluding carboxylic acids is 1. The molecule has 0 fully saturated rings. The van der Waals surface area contributed by atoms with Gasteiger partial charge in [0.15, 0.2) is 0 Å². The van der Waals surface area contributed by atoms with Gasteiger partial charge in [0, 0.05) is 30.5 Å². The molecule has 0 saturated heterocycles. The Bertz CT molecular complexity index is 1170. The van der Waals surface area contributed by atoms with Crippen LogP contribution in [-0.2, 0) is 6.18 Å². The van der Waals surface area contributed by atoms with E-state index in [1.54, 1.807) is 18.5 Å². The highest BCUT2D eigenvalue weighted by molar-refractivity contribution is 6.34. The number of likely N-dealkylation sites (N-methyl/N-ethyl adjacent to an activating group) is 1. The van der Waals surface area contributed by atoms with E-state index in [4.69, 9.17) is 11.6 Å². The van der Waals surface area contributed by atoms with E-state index in [0.29, 0.717) is 13.0 Å². The van der Waals surface area contributed by atoms with E-state index >= 15 is 0 Å². The molecule has 1 aromatic heterocycles. The van der Waals surface area contributed by atoms with Crippen molar-refractivity contribution in [2.75, 3.05) is 13.6 Å². The molecule has 35 heavy (non-hydrogen) atoms. The SMILES string of the molecule is C=CCN(C)[C@@H](CC)[C@@H](NC(=O)c1cccc(C(F)(F)F)c1Cl)c1cccc(-c2cncnc2)c1. The summed E-state index contributed by atoms with van der Waals surface area (Å²) in [6, 6.07) is 10.1. The predicted octanol–water partition coefficient (Wildman–Crippen LogP) is 6.18. The monoisotopic (exact) mass is 502 g/mol. The van der Waals surface area contributed by atoms with E-state index in [-0.39, 0.29) is 11.6 Å². The first-order valence-electron chi connectivity index (χ1n) is 11.0. The number of alkyl halides is 3. The third kappa shape index (κ3) is 6.26. The van der Waals surface area contributed by atoms with Crippen molar-refractivity contribution in [2.45, 2.75) is 31.6 Å². The maximum atomic E-state index is 13.4. The van der Waals surface area contributed by atoms with Crippen molar-refractivity contribution in [3.63, 3.8) is 0 Å². The van der Waals surface area contributed by atoms with E-state index in [2.05, 4.69) is 21.9 Å². The first kappa shape index (κ1) is 26.4. The summed E-state index contributed by atoms with van der Waals surface area (Å²) in [5.74, 6) is -0.690. The zero-order chi connectivity index (χ0) is 25.6. The standard InChI is InChI=1S/C26H26ClF3N4O/c1-4-12-34(3)22(5-2)24(18-9-6-8-17(13-18)19-14-31-16-32-15-19)33-25(35)20-10-7-11-21(23(20)27)26(28,29)30/h4,6-11,13-16,22,24H,1,5,12H2,2-3H3,(H,33,35)/t22-,24-/m0/s1. The lowest BCUT2D eigenvalue weighted by Gasteiger charge is -2.34. The second-order valence-corrected chi connectivity index (χ2v) is 8.45. The fourth-order valence-corrected chi connectivity index (χ4v) is 4.37. The predicted molar refractivity (Wildman–Crippen MR) is 131 cm³/mol. The van der Waals surface area contributed by atoms with Crippen molar-refractivity contribution in [1.29, 1.82) is 0 Å². The van der Waals surface area contributed by atoms with Crippen LogP contribution >= 0.6 is 11.6 Å². The maximum absolute atomic E-state index is 13.4. The molecule has 0 saturated carbocycles. The third-order valence-electron chi connectivity index (χ3n) is 5.76. The summed E-state index contributed by atoms with van der Waals surface area (Å²) in [5, 5.41) is 2.31. The van der Waals surface area contributed by atoms with Crippen LogP contribution in [0.3, 0.4) is 0 Å². The van der Waals surface area contributed by atoms with Gasteiger partial charge in [0.05, 0.1) is 22.2 Å². The van der Waals surface area contributed by atoms with Gasteiger partial charge in [0.1, 0.15) is 6.33 Å². The van der Waals surface area contributed by atoms with E-state index in [9.17, 15) is 18.0 Å². The van der Waals surface area contributed by atoms with Crippen molar-refractivity contribution in [1.82, 2.24) is 20.2 Å². The van der Waals surface area contributed by atoms with E-state index in [1.807, 2.05) is 43.1 Å². The van der Waals surface area contributed by atoms with Crippen LogP contribution < -0.4 is 5.32 Å². The number of benzene rings is 2. The molecule has 0 unspecified atom stereocenters. The van der Waals surface area contributed by atoms with Gasteiger partial charge < -0.3 is 5.32 Å². The summed E-state index contributed by atoms with van der Waals surface area (Å²) in [6.45, 7) is 6.33. The molecule has 0 radical (unpaired) electrons. The average Bonchev–Trinajstić information content (AvgIpc) is 2.84. The van der Waals surface area contributed by atoms with Gasteiger partial charge >= 0.3 is 6.18 Å². The Balaban J connectivity index is 2.04. The fraction of sp³-hybridized carbons (Fsp3) is 0.269. The fourth-order valence-electron chi connectivity index (χ4n) is 4.05. The highest BCUT2D eigenvalue weighted by Gasteiger charge is 2.35. The zero-order valence-corrected chi connectivity index (χ0v) is 20.1. The second-order valence-electron chi connectivity index (χ2n) is 8.07. The first-order valence-corrected chi connectivity index (χ1v) is 11.4. The molecule has 5 nitrogen and oxygen atoms in total. The Kier molecular flexibility index (Phi) is 8.64. The number of amides is 1. The molecule has 3 aromatic rings. The van der Waals surface area contributed by atoms with Gasteiger partial charge in [-0.3, -0.25) is 9.69 Å². The van der Waals surface area contributed by atoms with Crippen LogP contribution in [0, 0.1) is 0 Å². The van der Waals surface area contributed by atoms with Crippen molar-refractivity contribution in [3.05, 3.63) is 95.6 Å². The third-order valence-corrected chi connectivity index (χ3v) is 6.17. The number of halogens is 4. The maximum Gasteiger partial charge on any atom is 0.417 e. The summed E-state index contributed by atoms with van der Waals surface area (Å²) in [6.07, 6.45) is 2.54. The highest BCUT2D eigenvalue weighted by Crippen LogP contribution is 2.36. The van der Waals surface area contributed by atoms with Crippen LogP contribution in [0.4, 0.5) is 13.2 Å². The molecule has 0 aliphatic carbocycles. The molecule has 0 bridgehead atoms. The quantitative estimate of drug-likeness (QED) is 0.355. The number of carbonyl (C=O) groups is 1. The Morgan fingerprint density at radius 3 is 2.49 bits per heavy atom. The number of nitrogens with zero attached hydrogens (tertiary/aromatic N) is 3. The van der Waals surface area contributed by atoms with E-state index in [0.717, 1.165) is 22.8 Å². The van der Waals surface area contributed by atoms with Crippen LogP contribution in [0.15, 0.2) is 73.8 Å². The molecule has 9 heteroatoms. The summed E-state index contributed by atoms with van der Waals surface area (Å²) in [4.78, 5) is 23.4. The largest absolute Gasteiger partial charge is 0.417 e. The molecule has 0 aliphatic heterocycles. The van der Waals surface area contributed by atoms with Gasteiger partial charge in [-0.15, -0.1) is 6.58 Å². The minimum Gasteiger partial charge on any atom is -0.344 e. The van der Waals surface area contributed by atoms with Crippen molar-refractivity contribution in [3.8, 4) is 11.1 Å². The van der Waals surface area contributed by atoms with E-state index < -0.39 is 28.7 Å². The van der Waals surface area contributed by atoms with Crippen LogP contribution in [0.2, 0.25) is 5.02 Å². The van der Waals surface area contributed by atoms with Crippen LogP contribution in [-0.4, -0.2) is 40.4 Å². The van der Waals surface area contributed by atoms with E-state index in [1.165, 1.54) is 18.5 Å². The molecule has 1 heterocycles. The van der Waals surface area contributed by atoms with Crippen molar-refractivity contribution < 1.29 is 18.0 Å². The lowest BCUT2D eigenvalue weighted by molar-refractivity contribution is -0.137. The van der Waals surface area contributed by atoms with Gasteiger partial charge in [-0.25, -0.2) is 9.97 Å². The molecule has 2 atom stereocenters. The van der Waals surface area contributed by atoms with Gasteiger partial charge in [-0.1, -0.05) is 48.9 Å². The molecule has 1 amide bonds. The van der Waals surface area contributed by atoms with Gasteiger partial charge in [-0.05, 0) is 42.8 Å². The number of rotatable bonds is 9. The average molecular weight is 503 g/mol. The van der Waals surface area contributed by atoms with Gasteiger partial charge in [-0.2, -0.15) is 13.2 Å². The van der Waals surface area contributed by atoms with Crippen molar-refractivity contribution in [2.24, 2.45) is 0 Å². The smallest absolute Gasteiger partial charge is 0.344 e. The first-order chi connectivity index (χ1) is 16.7. The van der Waals surface area contributed by atoms with Gasteiger partial charge in [0.2, 0.25) is 0 Å². The summed E-state index contributed by atoms with van der Waals surface area (Å²) < 4.78 is 40.1. The number of aromatic nitrogens is 2. The number of hydrogen-bond acceptors (Lipinski definition) is 4. The summed E-state index contributed by atoms with van der Waals surface area (Å²) in [5.41, 5.74) is 1.14. The Morgan fingerprint density at radius 1 is 1.17 bits per heavy atom. The molecule has 0 aliphatic rings. The second kappa shape index (κ2) is 11.5. The minimum absolute atomic E-state index is 0.177. The molecule has 1 N–H and O–H groups in total. The van der Waals surface area contributed by atoms with Crippen LogP contribution in [0.1, 0.15) is 40.9 Å².